The Labute approximate surface area is 206 Å². The van der Waals surface area contributed by atoms with Crippen molar-refractivity contribution in [3.05, 3.63) is 0 Å². The Morgan fingerprint density at radius 3 is 0.806 bits per heavy atom. The van der Waals surface area contributed by atoms with E-state index in [4.69, 9.17) is 25.6 Å². The summed E-state index contributed by atoms with van der Waals surface area (Å²) in [5.41, 5.74) is 0. The number of amides is 2. The van der Waals surface area contributed by atoms with Crippen LogP contribution in [0.3, 0.4) is 0 Å². The lowest BCUT2D eigenvalue weighted by atomic mass is 10.3. The van der Waals surface area contributed by atoms with Gasteiger partial charge in [-0.1, -0.05) is 0 Å². The summed E-state index contributed by atoms with van der Waals surface area (Å²) in [6.45, 7) is 1.52. The molecule has 5 N–H and O–H groups in total. The first-order valence-corrected chi connectivity index (χ1v) is 11.2. The van der Waals surface area contributed by atoms with Crippen molar-refractivity contribution in [1.29, 1.82) is 0 Å². The van der Waals surface area contributed by atoms with Gasteiger partial charge in [-0.3, -0.25) is 53.6 Å². The highest BCUT2D eigenvalue weighted by atomic mass is 16.5. The molecule has 0 saturated carbocycles. The first kappa shape index (κ1) is 30.9. The Hall–Kier alpha value is -3.18. The van der Waals surface area contributed by atoms with Gasteiger partial charge in [0.15, 0.2) is 0 Å². The van der Waals surface area contributed by atoms with Crippen LogP contribution in [0.15, 0.2) is 0 Å². The van der Waals surface area contributed by atoms with E-state index in [1.54, 1.807) is 19.6 Å². The Balaban J connectivity index is 0.000000681. The molecule has 2 fully saturated rings. The lowest BCUT2D eigenvalue weighted by Gasteiger charge is -2.32. The van der Waals surface area contributed by atoms with Crippen molar-refractivity contribution >= 4 is 35.7 Å². The molecule has 2 amide bonds. The molecule has 0 unspecified atom stereocenters. The van der Waals surface area contributed by atoms with E-state index >= 15 is 0 Å². The summed E-state index contributed by atoms with van der Waals surface area (Å²) in [5.74, 6) is -5.09. The van der Waals surface area contributed by atoms with Crippen molar-refractivity contribution in [3.63, 3.8) is 0 Å². The van der Waals surface area contributed by atoms with E-state index in [0.29, 0.717) is 52.4 Å². The molecule has 2 aliphatic heterocycles. The molecule has 16 heteroatoms. The van der Waals surface area contributed by atoms with Crippen LogP contribution in [0.25, 0.3) is 0 Å². The number of rotatable bonds is 8. The number of carboxylic acid groups (broad SMARTS) is 4. The first-order valence-electron chi connectivity index (χ1n) is 11.2. The maximum absolute atomic E-state index is 11.1. The monoisotopic (exact) mass is 519 g/mol. The Morgan fingerprint density at radius 2 is 0.694 bits per heavy atom. The predicted octanol–water partition coefficient (Wildman–Crippen LogP) is -2.93. The van der Waals surface area contributed by atoms with E-state index in [-0.39, 0.29) is 44.1 Å². The maximum Gasteiger partial charge on any atom is 0.317 e. The minimum Gasteiger partial charge on any atom is -0.480 e. The number of carboxylic acids is 4. The van der Waals surface area contributed by atoms with Gasteiger partial charge in [0.25, 0.3) is 11.8 Å². The highest BCUT2D eigenvalue weighted by molar-refractivity contribution is 6.00. The lowest BCUT2D eigenvalue weighted by molar-refractivity contribution is -0.171. The van der Waals surface area contributed by atoms with Gasteiger partial charge in [0.1, 0.15) is 0 Å². The van der Waals surface area contributed by atoms with Crippen LogP contribution in [0.4, 0.5) is 0 Å². The SMILES string of the molecule is O=C(O)CN1CCN(CC(=O)O)CCN(CC(=O)O)CCN(CC(=O)O)CC1.O=C1CCC(=O)N1O. The zero-order valence-corrected chi connectivity index (χ0v) is 19.8. The number of carbonyl (C=O) groups excluding carboxylic acids is 2. The molecule has 16 nitrogen and oxygen atoms in total. The van der Waals surface area contributed by atoms with Crippen molar-refractivity contribution in [2.75, 3.05) is 78.5 Å². The topological polar surface area (TPSA) is 220 Å². The molecule has 0 bridgehead atoms. The summed E-state index contributed by atoms with van der Waals surface area (Å²) >= 11 is 0. The number of carbonyl (C=O) groups is 6. The third-order valence-electron chi connectivity index (χ3n) is 5.39. The molecule has 0 atom stereocenters. The fourth-order valence-electron chi connectivity index (χ4n) is 3.54. The Kier molecular flexibility index (Phi) is 13.5. The van der Waals surface area contributed by atoms with Crippen LogP contribution in [0.5, 0.6) is 0 Å². The molecule has 2 heterocycles. The fraction of sp³-hybridized carbons (Fsp3) is 0.700. The van der Waals surface area contributed by atoms with Gasteiger partial charge in [0.05, 0.1) is 26.2 Å². The predicted molar refractivity (Wildman–Crippen MR) is 119 cm³/mol. The third-order valence-corrected chi connectivity index (χ3v) is 5.39. The molecule has 0 aromatic heterocycles. The van der Waals surface area contributed by atoms with Crippen molar-refractivity contribution in [2.24, 2.45) is 0 Å². The molecule has 0 spiro atoms. The zero-order chi connectivity index (χ0) is 27.3. The molecule has 2 saturated heterocycles. The number of imide groups is 1. The highest BCUT2D eigenvalue weighted by Gasteiger charge is 2.27. The number of hydrogen-bond acceptors (Lipinski definition) is 11. The molecule has 0 aromatic rings. The maximum atomic E-state index is 11.1. The summed E-state index contributed by atoms with van der Waals surface area (Å²) in [5, 5.41) is 44.9. The normalized spacial score (nSPS) is 19.6. The number of nitrogens with zero attached hydrogens (tertiary/aromatic N) is 5. The third kappa shape index (κ3) is 13.1. The largest absolute Gasteiger partial charge is 0.480 e. The van der Waals surface area contributed by atoms with Crippen LogP contribution in [0.2, 0.25) is 0 Å². The second-order valence-electron chi connectivity index (χ2n) is 8.28. The standard InChI is InChI=1S/C16H28N4O8.C4H5NO3/c21-13(22)9-17-1-2-18(10-14(23)24)5-6-20(12-16(27)28)8-7-19(4-3-17)11-15(25)26;6-3-1-2-4(7)5(3)8/h1-12H2,(H,21,22)(H,23,24)(H,25,26)(H,27,28);8H,1-2H2. The van der Waals surface area contributed by atoms with Crippen LogP contribution < -0.4 is 0 Å². The molecule has 0 aliphatic carbocycles. The first-order chi connectivity index (χ1) is 16.9. The lowest BCUT2D eigenvalue weighted by Crippen LogP contribution is -2.49. The summed E-state index contributed by atoms with van der Waals surface area (Å²) < 4.78 is 0. The van der Waals surface area contributed by atoms with Crippen molar-refractivity contribution in [1.82, 2.24) is 24.7 Å². The Bertz CT molecular complexity index is 681. The summed E-state index contributed by atoms with van der Waals surface area (Å²) in [6.07, 6.45) is 0.296. The molecule has 204 valence electrons. The van der Waals surface area contributed by atoms with E-state index in [1.165, 1.54) is 0 Å². The van der Waals surface area contributed by atoms with Gasteiger partial charge in [0, 0.05) is 65.2 Å². The summed E-state index contributed by atoms with van der Waals surface area (Å²) in [4.78, 5) is 71.4. The van der Waals surface area contributed by atoms with Crippen LogP contribution in [0, 0.1) is 0 Å². The molecule has 2 aliphatic rings. The van der Waals surface area contributed by atoms with Crippen molar-refractivity contribution in [3.8, 4) is 0 Å². The zero-order valence-electron chi connectivity index (χ0n) is 19.8. The summed E-state index contributed by atoms with van der Waals surface area (Å²) in [7, 11) is 0. The van der Waals surface area contributed by atoms with Crippen molar-refractivity contribution in [2.45, 2.75) is 12.8 Å². The molecule has 0 radical (unpaired) electrons. The smallest absolute Gasteiger partial charge is 0.317 e. The number of aliphatic carboxylic acids is 4. The molecular weight excluding hydrogens is 486 g/mol. The van der Waals surface area contributed by atoms with Gasteiger partial charge in [-0.2, -0.15) is 5.06 Å². The van der Waals surface area contributed by atoms with Gasteiger partial charge in [-0.15, -0.1) is 0 Å². The number of hydrogen-bond donors (Lipinski definition) is 5. The van der Waals surface area contributed by atoms with E-state index in [1.807, 2.05) is 0 Å². The minimum absolute atomic E-state index is 0.148. The Morgan fingerprint density at radius 1 is 0.500 bits per heavy atom. The van der Waals surface area contributed by atoms with Crippen LogP contribution in [-0.4, -0.2) is 165 Å². The quantitative estimate of drug-likeness (QED) is 0.160. The van der Waals surface area contributed by atoms with E-state index in [9.17, 15) is 28.8 Å². The molecule has 2 rings (SSSR count). The van der Waals surface area contributed by atoms with E-state index in [0.717, 1.165) is 0 Å². The van der Waals surface area contributed by atoms with Gasteiger partial charge >= 0.3 is 23.9 Å². The second-order valence-corrected chi connectivity index (χ2v) is 8.28. The average Bonchev–Trinajstić information content (AvgIpc) is 3.05. The van der Waals surface area contributed by atoms with Crippen LogP contribution in [0.1, 0.15) is 12.8 Å². The van der Waals surface area contributed by atoms with Gasteiger partial charge in [-0.25, -0.2) is 0 Å². The van der Waals surface area contributed by atoms with Gasteiger partial charge in [0.2, 0.25) is 0 Å². The van der Waals surface area contributed by atoms with Gasteiger partial charge in [-0.05, 0) is 0 Å². The van der Waals surface area contributed by atoms with Gasteiger partial charge < -0.3 is 20.4 Å². The number of hydroxylamine groups is 2. The average molecular weight is 520 g/mol. The van der Waals surface area contributed by atoms with Crippen molar-refractivity contribution < 1.29 is 54.4 Å². The van der Waals surface area contributed by atoms with E-state index < -0.39 is 35.7 Å². The highest BCUT2D eigenvalue weighted by Crippen LogP contribution is 2.07. The molecule has 0 aromatic carbocycles. The van der Waals surface area contributed by atoms with Crippen LogP contribution in [-0.2, 0) is 28.8 Å². The van der Waals surface area contributed by atoms with E-state index in [2.05, 4.69) is 0 Å². The minimum atomic E-state index is -1.02. The molecular formula is C20H33N5O11. The molecule has 36 heavy (non-hydrogen) atoms. The second kappa shape index (κ2) is 15.7. The fourth-order valence-corrected chi connectivity index (χ4v) is 3.54. The van der Waals surface area contributed by atoms with Crippen LogP contribution >= 0.6 is 0 Å². The summed E-state index contributed by atoms with van der Waals surface area (Å²) in [6, 6.07) is 0.